The van der Waals surface area contributed by atoms with E-state index in [0.717, 1.165) is 11.1 Å². The SMILES string of the molecule is CC(C)(C)c1ccccc1C(=O)O.CC(C)(C)c1ccccc1C(=O)O.CC(O)COC(C)COC(C)CO. The minimum atomic E-state index is -0.856. The molecule has 3 unspecified atom stereocenters. The molecule has 0 aliphatic carbocycles. The van der Waals surface area contributed by atoms with E-state index in [-0.39, 0.29) is 29.6 Å². The molecule has 2 aromatic carbocycles. The normalized spacial score (nSPS) is 13.6. The summed E-state index contributed by atoms with van der Waals surface area (Å²) in [6.07, 6.45) is -0.654. The molecule has 0 saturated heterocycles. The number of carboxylic acid groups (broad SMARTS) is 2. The maximum absolute atomic E-state index is 10.9. The molecule has 0 spiro atoms. The highest BCUT2D eigenvalue weighted by molar-refractivity contribution is 5.90. The van der Waals surface area contributed by atoms with E-state index in [1.165, 1.54) is 0 Å². The summed E-state index contributed by atoms with van der Waals surface area (Å²) in [5.74, 6) is -1.71. The van der Waals surface area contributed by atoms with Crippen LogP contribution in [0.15, 0.2) is 48.5 Å². The van der Waals surface area contributed by atoms with Gasteiger partial charge in [0.05, 0.1) is 49.3 Å². The minimum Gasteiger partial charge on any atom is -0.478 e. The summed E-state index contributed by atoms with van der Waals surface area (Å²) in [6, 6.07) is 14.2. The monoisotopic (exact) mass is 548 g/mol. The molecule has 2 rings (SSSR count). The Bertz CT molecular complexity index is 935. The Labute approximate surface area is 233 Å². The number of aliphatic hydroxyl groups excluding tert-OH is 2. The number of ether oxygens (including phenoxy) is 2. The Balaban J connectivity index is 0.000000555. The van der Waals surface area contributed by atoms with Crippen LogP contribution in [0, 0.1) is 0 Å². The summed E-state index contributed by atoms with van der Waals surface area (Å²) in [4.78, 5) is 21.7. The molecule has 0 heterocycles. The summed E-state index contributed by atoms with van der Waals surface area (Å²) in [5, 5.41) is 35.4. The highest BCUT2D eigenvalue weighted by Crippen LogP contribution is 2.26. The van der Waals surface area contributed by atoms with Crippen LogP contribution in [-0.4, -0.2) is 70.5 Å². The van der Waals surface area contributed by atoms with Gasteiger partial charge in [-0.1, -0.05) is 77.9 Å². The highest BCUT2D eigenvalue weighted by atomic mass is 16.5. The van der Waals surface area contributed by atoms with Crippen LogP contribution in [0.4, 0.5) is 0 Å². The van der Waals surface area contributed by atoms with Crippen molar-refractivity contribution in [3.05, 3.63) is 70.8 Å². The molecule has 220 valence electrons. The van der Waals surface area contributed by atoms with E-state index in [0.29, 0.717) is 24.3 Å². The van der Waals surface area contributed by atoms with Crippen LogP contribution in [0.25, 0.3) is 0 Å². The van der Waals surface area contributed by atoms with Gasteiger partial charge in [0.25, 0.3) is 0 Å². The fourth-order valence-corrected chi connectivity index (χ4v) is 3.35. The van der Waals surface area contributed by atoms with Crippen molar-refractivity contribution in [3.8, 4) is 0 Å². The van der Waals surface area contributed by atoms with Gasteiger partial charge in [-0.15, -0.1) is 0 Å². The van der Waals surface area contributed by atoms with Crippen LogP contribution in [-0.2, 0) is 20.3 Å². The molecule has 2 aromatic rings. The Morgan fingerprint density at radius 3 is 1.33 bits per heavy atom. The molecule has 0 aliphatic rings. The van der Waals surface area contributed by atoms with Gasteiger partial charge in [0.1, 0.15) is 0 Å². The van der Waals surface area contributed by atoms with E-state index in [4.69, 9.17) is 29.9 Å². The van der Waals surface area contributed by atoms with Crippen LogP contribution in [0.5, 0.6) is 0 Å². The molecular weight excluding hydrogens is 500 g/mol. The van der Waals surface area contributed by atoms with Crippen LogP contribution >= 0.6 is 0 Å². The molecule has 3 atom stereocenters. The van der Waals surface area contributed by atoms with Gasteiger partial charge < -0.3 is 29.9 Å². The molecule has 8 nitrogen and oxygen atoms in total. The van der Waals surface area contributed by atoms with Crippen LogP contribution in [0.1, 0.15) is 94.2 Å². The number of carboxylic acids is 2. The lowest BCUT2D eigenvalue weighted by Gasteiger charge is -2.20. The molecule has 0 radical (unpaired) electrons. The minimum absolute atomic E-state index is 0.0170. The number of hydrogen-bond acceptors (Lipinski definition) is 6. The van der Waals surface area contributed by atoms with Crippen molar-refractivity contribution in [1.82, 2.24) is 0 Å². The Kier molecular flexibility index (Phi) is 15.8. The molecular formula is C31H48O8. The highest BCUT2D eigenvalue weighted by Gasteiger charge is 2.21. The first kappa shape index (κ1) is 36.2. The van der Waals surface area contributed by atoms with E-state index >= 15 is 0 Å². The van der Waals surface area contributed by atoms with Crippen molar-refractivity contribution in [2.75, 3.05) is 19.8 Å². The number of carbonyl (C=O) groups is 2. The topological polar surface area (TPSA) is 134 Å². The van der Waals surface area contributed by atoms with Crippen LogP contribution in [0.3, 0.4) is 0 Å². The largest absolute Gasteiger partial charge is 0.478 e. The molecule has 0 aromatic heterocycles. The first-order chi connectivity index (χ1) is 17.9. The third-order valence-electron chi connectivity index (χ3n) is 5.43. The summed E-state index contributed by atoms with van der Waals surface area (Å²) < 4.78 is 10.5. The van der Waals surface area contributed by atoms with E-state index in [2.05, 4.69) is 0 Å². The second kappa shape index (κ2) is 17.0. The number of aromatic carboxylic acids is 2. The zero-order valence-corrected chi connectivity index (χ0v) is 24.9. The van der Waals surface area contributed by atoms with Crippen molar-refractivity contribution >= 4 is 11.9 Å². The third-order valence-corrected chi connectivity index (χ3v) is 5.43. The molecule has 0 bridgehead atoms. The molecule has 4 N–H and O–H groups in total. The van der Waals surface area contributed by atoms with E-state index < -0.39 is 18.0 Å². The summed E-state index contributed by atoms with van der Waals surface area (Å²) in [5.41, 5.74) is 2.32. The Morgan fingerprint density at radius 1 is 0.692 bits per heavy atom. The lowest BCUT2D eigenvalue weighted by Crippen LogP contribution is -2.24. The van der Waals surface area contributed by atoms with Gasteiger partial charge >= 0.3 is 11.9 Å². The van der Waals surface area contributed by atoms with Crippen molar-refractivity contribution in [1.29, 1.82) is 0 Å². The molecule has 0 fully saturated rings. The molecule has 0 aliphatic heterocycles. The molecule has 0 saturated carbocycles. The van der Waals surface area contributed by atoms with Gasteiger partial charge in [0.2, 0.25) is 0 Å². The van der Waals surface area contributed by atoms with Gasteiger partial charge in [-0.3, -0.25) is 0 Å². The standard InChI is InChI=1S/2C11H14O2.C9H20O4/c2*1-11(2,3)9-7-5-4-6-8(9)10(12)13;1-7(11)5-12-9(3)6-13-8(2)4-10/h2*4-7H,1-3H3,(H,12,13);7-11H,4-6H2,1-3H3. The second-order valence-corrected chi connectivity index (χ2v) is 11.5. The average Bonchev–Trinajstić information content (AvgIpc) is 2.85. The molecule has 39 heavy (non-hydrogen) atoms. The Hall–Kier alpha value is -2.78. The van der Waals surface area contributed by atoms with Crippen LogP contribution in [0.2, 0.25) is 0 Å². The second-order valence-electron chi connectivity index (χ2n) is 11.5. The first-order valence-corrected chi connectivity index (χ1v) is 13.1. The summed E-state index contributed by atoms with van der Waals surface area (Å²) in [6.45, 7) is 18.2. The van der Waals surface area contributed by atoms with Crippen molar-refractivity contribution in [3.63, 3.8) is 0 Å². The summed E-state index contributed by atoms with van der Waals surface area (Å²) in [7, 11) is 0. The van der Waals surface area contributed by atoms with Gasteiger partial charge in [0, 0.05) is 0 Å². The zero-order chi connectivity index (χ0) is 30.4. The Morgan fingerprint density at radius 2 is 1.05 bits per heavy atom. The predicted octanol–water partition coefficient (Wildman–Crippen LogP) is 5.53. The van der Waals surface area contributed by atoms with Gasteiger partial charge in [-0.05, 0) is 54.9 Å². The number of aliphatic hydroxyl groups is 2. The lowest BCUT2D eigenvalue weighted by molar-refractivity contribution is -0.0620. The average molecular weight is 549 g/mol. The van der Waals surface area contributed by atoms with Crippen molar-refractivity contribution in [2.24, 2.45) is 0 Å². The van der Waals surface area contributed by atoms with Gasteiger partial charge in [-0.2, -0.15) is 0 Å². The number of hydrogen-bond donors (Lipinski definition) is 4. The first-order valence-electron chi connectivity index (χ1n) is 13.1. The van der Waals surface area contributed by atoms with Crippen LogP contribution < -0.4 is 0 Å². The zero-order valence-electron chi connectivity index (χ0n) is 24.9. The van der Waals surface area contributed by atoms with Gasteiger partial charge in [0.15, 0.2) is 0 Å². The fraction of sp³-hybridized carbons (Fsp3) is 0.548. The third kappa shape index (κ3) is 14.8. The number of rotatable bonds is 9. The van der Waals surface area contributed by atoms with E-state index in [1.807, 2.05) is 72.7 Å². The predicted molar refractivity (Wildman–Crippen MR) is 154 cm³/mol. The quantitative estimate of drug-likeness (QED) is 0.321. The van der Waals surface area contributed by atoms with Crippen molar-refractivity contribution < 1.29 is 39.5 Å². The smallest absolute Gasteiger partial charge is 0.335 e. The maximum atomic E-state index is 10.9. The van der Waals surface area contributed by atoms with Gasteiger partial charge in [-0.25, -0.2) is 9.59 Å². The molecule has 8 heteroatoms. The summed E-state index contributed by atoms with van der Waals surface area (Å²) >= 11 is 0. The van der Waals surface area contributed by atoms with E-state index in [1.54, 1.807) is 38.1 Å². The van der Waals surface area contributed by atoms with E-state index in [9.17, 15) is 9.59 Å². The van der Waals surface area contributed by atoms with Crippen molar-refractivity contribution in [2.45, 2.75) is 91.5 Å². The maximum Gasteiger partial charge on any atom is 0.335 e. The number of benzene rings is 2. The fourth-order valence-electron chi connectivity index (χ4n) is 3.35. The molecule has 0 amide bonds. The lowest BCUT2D eigenvalue weighted by atomic mass is 9.84.